The first-order chi connectivity index (χ1) is 8.22. The van der Waals surface area contributed by atoms with Crippen LogP contribution in [0.25, 0.3) is 5.57 Å². The van der Waals surface area contributed by atoms with Crippen LogP contribution in [0.4, 0.5) is 0 Å². The normalized spacial score (nSPS) is 16.7. The number of nitrogens with zero attached hydrogens (tertiary/aromatic N) is 1. The largest absolute Gasteiger partial charge is 0.274 e. The number of rotatable bonds is 2. The third-order valence-electron chi connectivity index (χ3n) is 3.14. The summed E-state index contributed by atoms with van der Waals surface area (Å²) in [5.41, 5.74) is 3.65. The van der Waals surface area contributed by atoms with E-state index < -0.39 is 0 Å². The maximum absolute atomic E-state index is 11.8. The number of fused-ring (bicyclic) bond motifs is 1. The van der Waals surface area contributed by atoms with E-state index in [1.807, 2.05) is 12.1 Å². The van der Waals surface area contributed by atoms with Crippen molar-refractivity contribution in [2.75, 3.05) is 14.2 Å². The molecule has 1 aliphatic rings. The van der Waals surface area contributed by atoms with E-state index >= 15 is 0 Å². The Balaban J connectivity index is 2.29. The number of aryl methyl sites for hydroxylation is 1. The SMILES string of the molecule is CON(C)C(=O)/C=C1/CCCc2ccccc21. The van der Waals surface area contributed by atoms with Gasteiger partial charge in [0.05, 0.1) is 7.11 Å². The first kappa shape index (κ1) is 11.9. The lowest BCUT2D eigenvalue weighted by Crippen LogP contribution is -2.23. The zero-order valence-corrected chi connectivity index (χ0v) is 10.3. The van der Waals surface area contributed by atoms with Gasteiger partial charge in [0.1, 0.15) is 0 Å². The zero-order valence-electron chi connectivity index (χ0n) is 10.3. The van der Waals surface area contributed by atoms with Gasteiger partial charge in [-0.2, -0.15) is 0 Å². The summed E-state index contributed by atoms with van der Waals surface area (Å²) in [7, 11) is 3.11. The number of hydrogen-bond donors (Lipinski definition) is 0. The molecule has 90 valence electrons. The third-order valence-corrected chi connectivity index (χ3v) is 3.14. The molecule has 0 spiro atoms. The van der Waals surface area contributed by atoms with Gasteiger partial charge in [-0.25, -0.2) is 5.06 Å². The lowest BCUT2D eigenvalue weighted by molar-refractivity contribution is -0.162. The van der Waals surface area contributed by atoms with E-state index in [-0.39, 0.29) is 5.91 Å². The van der Waals surface area contributed by atoms with Gasteiger partial charge in [-0.15, -0.1) is 0 Å². The number of carbonyl (C=O) groups is 1. The van der Waals surface area contributed by atoms with E-state index in [0.717, 1.165) is 24.8 Å². The van der Waals surface area contributed by atoms with Gasteiger partial charge in [0.2, 0.25) is 0 Å². The summed E-state index contributed by atoms with van der Waals surface area (Å²) in [5.74, 6) is -0.112. The van der Waals surface area contributed by atoms with Crippen molar-refractivity contribution in [3.05, 3.63) is 41.5 Å². The molecule has 0 unspecified atom stereocenters. The van der Waals surface area contributed by atoms with Gasteiger partial charge in [-0.3, -0.25) is 9.63 Å². The van der Waals surface area contributed by atoms with Crippen LogP contribution >= 0.6 is 0 Å². The van der Waals surface area contributed by atoms with Crippen LogP contribution in [-0.4, -0.2) is 25.1 Å². The number of carbonyl (C=O) groups excluding carboxylic acids is 1. The van der Waals surface area contributed by atoms with Gasteiger partial charge < -0.3 is 0 Å². The number of amides is 1. The highest BCUT2D eigenvalue weighted by Gasteiger charge is 2.15. The van der Waals surface area contributed by atoms with Gasteiger partial charge in [-0.05, 0) is 36.0 Å². The monoisotopic (exact) mass is 231 g/mol. The van der Waals surface area contributed by atoms with Crippen LogP contribution in [0.5, 0.6) is 0 Å². The maximum Gasteiger partial charge on any atom is 0.270 e. The molecule has 0 heterocycles. The Morgan fingerprint density at radius 1 is 1.35 bits per heavy atom. The first-order valence-corrected chi connectivity index (χ1v) is 5.83. The molecule has 3 nitrogen and oxygen atoms in total. The van der Waals surface area contributed by atoms with E-state index in [9.17, 15) is 4.79 Å². The van der Waals surface area contributed by atoms with E-state index in [1.165, 1.54) is 23.3 Å². The van der Waals surface area contributed by atoms with Crippen LogP contribution in [0.2, 0.25) is 0 Å². The molecular formula is C14H17NO2. The molecule has 0 aliphatic heterocycles. The Labute approximate surface area is 102 Å². The highest BCUT2D eigenvalue weighted by molar-refractivity contribution is 5.95. The van der Waals surface area contributed by atoms with Crippen LogP contribution in [0, 0.1) is 0 Å². The Kier molecular flexibility index (Phi) is 3.59. The fourth-order valence-corrected chi connectivity index (χ4v) is 2.14. The van der Waals surface area contributed by atoms with Crippen molar-refractivity contribution in [3.63, 3.8) is 0 Å². The van der Waals surface area contributed by atoms with Crippen LogP contribution in [0.1, 0.15) is 24.0 Å². The molecule has 0 fully saturated rings. The Morgan fingerprint density at radius 3 is 2.88 bits per heavy atom. The van der Waals surface area contributed by atoms with Gasteiger partial charge in [0.25, 0.3) is 5.91 Å². The molecule has 1 aromatic rings. The van der Waals surface area contributed by atoms with E-state index in [2.05, 4.69) is 12.1 Å². The molecule has 1 amide bonds. The third kappa shape index (κ3) is 2.56. The van der Waals surface area contributed by atoms with Crippen LogP contribution in [0.3, 0.4) is 0 Å². The van der Waals surface area contributed by atoms with Crippen LogP contribution in [-0.2, 0) is 16.1 Å². The van der Waals surface area contributed by atoms with Gasteiger partial charge in [0.15, 0.2) is 0 Å². The molecule has 0 aromatic heterocycles. The molecule has 0 bridgehead atoms. The number of hydrogen-bond acceptors (Lipinski definition) is 2. The fraction of sp³-hybridized carbons (Fsp3) is 0.357. The van der Waals surface area contributed by atoms with Crippen molar-refractivity contribution in [2.24, 2.45) is 0 Å². The Bertz CT molecular complexity index is 451. The van der Waals surface area contributed by atoms with E-state index in [0.29, 0.717) is 0 Å². The Morgan fingerprint density at radius 2 is 2.12 bits per heavy atom. The van der Waals surface area contributed by atoms with Crippen LogP contribution < -0.4 is 0 Å². The molecule has 0 atom stereocenters. The van der Waals surface area contributed by atoms with Crippen molar-refractivity contribution in [3.8, 4) is 0 Å². The molecule has 3 heteroatoms. The van der Waals surface area contributed by atoms with E-state index in [1.54, 1.807) is 13.1 Å². The minimum absolute atomic E-state index is 0.112. The molecule has 1 aliphatic carbocycles. The molecule has 0 saturated carbocycles. The summed E-state index contributed by atoms with van der Waals surface area (Å²) in [4.78, 5) is 16.7. The van der Waals surface area contributed by atoms with Gasteiger partial charge in [0, 0.05) is 13.1 Å². The molecule has 2 rings (SSSR count). The number of benzene rings is 1. The number of hydroxylamine groups is 2. The molecular weight excluding hydrogens is 214 g/mol. The first-order valence-electron chi connectivity index (χ1n) is 5.83. The summed E-state index contributed by atoms with van der Waals surface area (Å²) >= 11 is 0. The van der Waals surface area contributed by atoms with Crippen LogP contribution in [0.15, 0.2) is 30.3 Å². The molecule has 1 aromatic carbocycles. The summed E-state index contributed by atoms with van der Waals surface area (Å²) in [6.07, 6.45) is 4.84. The summed E-state index contributed by atoms with van der Waals surface area (Å²) in [5, 5.41) is 1.24. The Hall–Kier alpha value is -1.61. The second kappa shape index (κ2) is 5.15. The smallest absolute Gasteiger partial charge is 0.270 e. The molecule has 0 N–H and O–H groups in total. The van der Waals surface area contributed by atoms with Crippen molar-refractivity contribution >= 4 is 11.5 Å². The predicted octanol–water partition coefficient (Wildman–Crippen LogP) is 2.43. The number of allylic oxidation sites excluding steroid dienone is 1. The van der Waals surface area contributed by atoms with Gasteiger partial charge in [-0.1, -0.05) is 24.3 Å². The standard InChI is InChI=1S/C14H17NO2/c1-15(17-2)14(16)10-12-8-5-7-11-6-3-4-9-13(11)12/h3-4,6,9-10H,5,7-8H2,1-2H3/b12-10-. The summed E-state index contributed by atoms with van der Waals surface area (Å²) in [6.45, 7) is 0. The molecule has 0 saturated heterocycles. The second-order valence-corrected chi connectivity index (χ2v) is 4.20. The zero-order chi connectivity index (χ0) is 12.3. The number of likely N-dealkylation sites (N-methyl/N-ethyl adjacent to an activating group) is 1. The van der Waals surface area contributed by atoms with E-state index in [4.69, 9.17) is 4.84 Å². The summed E-state index contributed by atoms with van der Waals surface area (Å²) in [6, 6.07) is 8.28. The van der Waals surface area contributed by atoms with Crippen molar-refractivity contribution in [1.82, 2.24) is 5.06 Å². The van der Waals surface area contributed by atoms with Gasteiger partial charge >= 0.3 is 0 Å². The lowest BCUT2D eigenvalue weighted by atomic mass is 9.87. The minimum Gasteiger partial charge on any atom is -0.274 e. The highest BCUT2D eigenvalue weighted by atomic mass is 16.7. The molecule has 17 heavy (non-hydrogen) atoms. The minimum atomic E-state index is -0.112. The highest BCUT2D eigenvalue weighted by Crippen LogP contribution is 2.30. The maximum atomic E-state index is 11.8. The average Bonchev–Trinajstić information content (AvgIpc) is 2.38. The molecule has 0 radical (unpaired) electrons. The van der Waals surface area contributed by atoms with Crippen molar-refractivity contribution < 1.29 is 9.63 Å². The fourth-order valence-electron chi connectivity index (χ4n) is 2.14. The van der Waals surface area contributed by atoms with Crippen molar-refractivity contribution in [2.45, 2.75) is 19.3 Å². The topological polar surface area (TPSA) is 29.5 Å². The average molecular weight is 231 g/mol. The predicted molar refractivity (Wildman–Crippen MR) is 67.1 cm³/mol. The van der Waals surface area contributed by atoms with Crippen molar-refractivity contribution in [1.29, 1.82) is 0 Å². The quantitative estimate of drug-likeness (QED) is 0.578. The lowest BCUT2D eigenvalue weighted by Gasteiger charge is -2.19. The second-order valence-electron chi connectivity index (χ2n) is 4.20. The summed E-state index contributed by atoms with van der Waals surface area (Å²) < 4.78 is 0.